The molecule has 0 unspecified atom stereocenters. The van der Waals surface area contributed by atoms with Crippen molar-refractivity contribution < 1.29 is 23.5 Å². The zero-order chi connectivity index (χ0) is 18.0. The van der Waals surface area contributed by atoms with Crippen molar-refractivity contribution in [3.8, 4) is 5.75 Å². The van der Waals surface area contributed by atoms with Crippen molar-refractivity contribution in [2.75, 3.05) is 7.11 Å². The highest BCUT2D eigenvalue weighted by molar-refractivity contribution is 6.32. The van der Waals surface area contributed by atoms with Gasteiger partial charge in [-0.25, -0.2) is 4.79 Å². The predicted octanol–water partition coefficient (Wildman–Crippen LogP) is 2.83. The molecule has 2 rings (SSSR count). The molecule has 0 aliphatic heterocycles. The van der Waals surface area contributed by atoms with Gasteiger partial charge in [0.1, 0.15) is 11.3 Å². The van der Waals surface area contributed by atoms with Crippen LogP contribution in [0.3, 0.4) is 0 Å². The van der Waals surface area contributed by atoms with Gasteiger partial charge in [-0.2, -0.15) is 0 Å². The fourth-order valence-electron chi connectivity index (χ4n) is 2.17. The number of carbonyl (C=O) groups is 2. The topological polar surface area (TPSA) is 82.8 Å². The van der Waals surface area contributed by atoms with Crippen LogP contribution in [0.5, 0.6) is 5.75 Å². The molecule has 7 heteroatoms. The molecule has 1 atom stereocenters. The van der Waals surface area contributed by atoms with E-state index in [4.69, 9.17) is 20.8 Å². The summed E-state index contributed by atoms with van der Waals surface area (Å²) in [5.74, 6) is -0.446. The van der Waals surface area contributed by atoms with Crippen LogP contribution in [0.25, 0.3) is 11.0 Å². The maximum Gasteiger partial charge on any atom is 0.340 e. The Morgan fingerprint density at radius 1 is 1.33 bits per heavy atom. The fourth-order valence-corrected chi connectivity index (χ4v) is 2.38. The molecule has 128 valence electrons. The lowest BCUT2D eigenvalue weighted by molar-refractivity contribution is -0.139. The van der Waals surface area contributed by atoms with Gasteiger partial charge in [0.15, 0.2) is 11.9 Å². The van der Waals surface area contributed by atoms with E-state index >= 15 is 0 Å². The van der Waals surface area contributed by atoms with Gasteiger partial charge in [-0.15, -0.1) is 0 Å². The molecular formula is C17H17ClO6. The number of aryl methyl sites for hydroxylation is 1. The number of hydrogen-bond acceptors (Lipinski definition) is 6. The fraction of sp³-hybridized carbons (Fsp3) is 0.353. The van der Waals surface area contributed by atoms with Crippen LogP contribution in [0.2, 0.25) is 5.02 Å². The lowest BCUT2D eigenvalue weighted by Crippen LogP contribution is -2.21. The van der Waals surface area contributed by atoms with Gasteiger partial charge in [-0.3, -0.25) is 9.59 Å². The summed E-state index contributed by atoms with van der Waals surface area (Å²) in [6.45, 7) is 4.71. The number of rotatable bonds is 5. The van der Waals surface area contributed by atoms with E-state index in [-0.39, 0.29) is 34.1 Å². The van der Waals surface area contributed by atoms with E-state index in [0.29, 0.717) is 10.9 Å². The Labute approximate surface area is 143 Å². The lowest BCUT2D eigenvalue weighted by atomic mass is 10.0. The molecule has 6 nitrogen and oxygen atoms in total. The average Bonchev–Trinajstić information content (AvgIpc) is 2.52. The second-order valence-electron chi connectivity index (χ2n) is 5.40. The number of methoxy groups -OCH3 is 1. The van der Waals surface area contributed by atoms with Gasteiger partial charge in [-0.1, -0.05) is 11.6 Å². The van der Waals surface area contributed by atoms with E-state index in [1.165, 1.54) is 20.1 Å². The summed E-state index contributed by atoms with van der Waals surface area (Å²) >= 11 is 6.20. The number of ketones is 1. The first kappa shape index (κ1) is 18.0. The number of benzene rings is 1. The second kappa shape index (κ2) is 7.05. The molecular weight excluding hydrogens is 336 g/mol. The SMILES string of the molecule is COC(=O)Cc1c(C)c2cc(Cl)c(O[C@@H](C)C(C)=O)cc2oc1=O. The number of esters is 1. The van der Waals surface area contributed by atoms with Crippen molar-refractivity contribution in [2.24, 2.45) is 0 Å². The van der Waals surface area contributed by atoms with Gasteiger partial charge in [0.2, 0.25) is 0 Å². The van der Waals surface area contributed by atoms with E-state index in [1.807, 2.05) is 0 Å². The molecule has 0 N–H and O–H groups in total. The van der Waals surface area contributed by atoms with Crippen molar-refractivity contribution in [2.45, 2.75) is 33.3 Å². The Bertz CT molecular complexity index is 867. The Morgan fingerprint density at radius 2 is 2.00 bits per heavy atom. The third kappa shape index (κ3) is 3.59. The molecule has 0 spiro atoms. The number of hydrogen-bond donors (Lipinski definition) is 0. The molecule has 0 radical (unpaired) electrons. The summed E-state index contributed by atoms with van der Waals surface area (Å²) in [5, 5.41) is 0.859. The molecule has 0 aliphatic carbocycles. The van der Waals surface area contributed by atoms with Crippen molar-refractivity contribution in [1.82, 2.24) is 0 Å². The summed E-state index contributed by atoms with van der Waals surface area (Å²) in [7, 11) is 1.25. The van der Waals surface area contributed by atoms with Crippen LogP contribution < -0.4 is 10.4 Å². The maximum atomic E-state index is 12.1. The third-order valence-corrected chi connectivity index (χ3v) is 4.06. The highest BCUT2D eigenvalue weighted by Crippen LogP contribution is 2.32. The summed E-state index contributed by atoms with van der Waals surface area (Å²) in [6, 6.07) is 3.05. The molecule has 1 heterocycles. The maximum absolute atomic E-state index is 12.1. The Kier molecular flexibility index (Phi) is 5.29. The van der Waals surface area contributed by atoms with Crippen LogP contribution in [-0.4, -0.2) is 25.0 Å². The largest absolute Gasteiger partial charge is 0.481 e. The van der Waals surface area contributed by atoms with Gasteiger partial charge in [-0.05, 0) is 32.4 Å². The first-order chi connectivity index (χ1) is 11.2. The summed E-state index contributed by atoms with van der Waals surface area (Å²) < 4.78 is 15.3. The van der Waals surface area contributed by atoms with Crippen molar-refractivity contribution in [3.05, 3.63) is 38.7 Å². The number of carbonyl (C=O) groups excluding carboxylic acids is 2. The average molecular weight is 353 g/mol. The van der Waals surface area contributed by atoms with E-state index in [0.717, 1.165) is 0 Å². The lowest BCUT2D eigenvalue weighted by Gasteiger charge is -2.14. The quantitative estimate of drug-likeness (QED) is 0.608. The van der Waals surface area contributed by atoms with Crippen LogP contribution in [0.4, 0.5) is 0 Å². The monoisotopic (exact) mass is 352 g/mol. The number of halogens is 1. The van der Waals surface area contributed by atoms with E-state index < -0.39 is 17.7 Å². The summed E-state index contributed by atoms with van der Waals surface area (Å²) in [5.41, 5.74) is 0.440. The molecule has 0 amide bonds. The standard InChI is InChI=1S/C17H17ClO6/c1-8-11-5-13(18)15(23-10(3)9(2)19)7-14(11)24-17(21)12(8)6-16(20)22-4/h5,7,10H,6H2,1-4H3/t10-/m0/s1. The molecule has 0 saturated heterocycles. The highest BCUT2D eigenvalue weighted by atomic mass is 35.5. The molecule has 2 aromatic rings. The van der Waals surface area contributed by atoms with Crippen LogP contribution in [0.15, 0.2) is 21.3 Å². The zero-order valence-electron chi connectivity index (χ0n) is 13.8. The van der Waals surface area contributed by atoms with Crippen LogP contribution in [-0.2, 0) is 20.7 Å². The minimum Gasteiger partial charge on any atom is -0.481 e. The normalized spacial score (nSPS) is 12.0. The minimum absolute atomic E-state index is 0.155. The molecule has 0 saturated carbocycles. The second-order valence-corrected chi connectivity index (χ2v) is 5.80. The predicted molar refractivity (Wildman–Crippen MR) is 88.7 cm³/mol. The number of ether oxygens (including phenoxy) is 2. The van der Waals surface area contributed by atoms with E-state index in [1.54, 1.807) is 19.9 Å². The zero-order valence-corrected chi connectivity index (χ0v) is 14.5. The summed E-state index contributed by atoms with van der Waals surface area (Å²) in [4.78, 5) is 34.9. The van der Waals surface area contributed by atoms with Gasteiger partial charge < -0.3 is 13.9 Å². The molecule has 0 aliphatic rings. The van der Waals surface area contributed by atoms with Gasteiger partial charge >= 0.3 is 11.6 Å². The molecule has 0 fully saturated rings. The molecule has 0 bridgehead atoms. The molecule has 1 aromatic heterocycles. The van der Waals surface area contributed by atoms with Gasteiger partial charge in [0.05, 0.1) is 24.1 Å². The number of Topliss-reactive ketones (excluding diaryl/α,β-unsaturated/α-hetero) is 1. The third-order valence-electron chi connectivity index (χ3n) is 3.76. The Morgan fingerprint density at radius 3 is 2.58 bits per heavy atom. The van der Waals surface area contributed by atoms with Crippen LogP contribution in [0.1, 0.15) is 25.0 Å². The first-order valence-corrected chi connectivity index (χ1v) is 7.62. The number of fused-ring (bicyclic) bond motifs is 1. The summed E-state index contributed by atoms with van der Waals surface area (Å²) in [6.07, 6.45) is -0.857. The van der Waals surface area contributed by atoms with Crippen molar-refractivity contribution >= 4 is 34.3 Å². The Balaban J connectivity index is 2.55. The molecule has 1 aromatic carbocycles. The first-order valence-electron chi connectivity index (χ1n) is 7.24. The highest BCUT2D eigenvalue weighted by Gasteiger charge is 2.18. The van der Waals surface area contributed by atoms with E-state index in [2.05, 4.69) is 4.74 Å². The smallest absolute Gasteiger partial charge is 0.340 e. The van der Waals surface area contributed by atoms with Crippen molar-refractivity contribution in [3.63, 3.8) is 0 Å². The minimum atomic E-state index is -0.675. The Hall–Kier alpha value is -2.34. The van der Waals surface area contributed by atoms with Crippen molar-refractivity contribution in [1.29, 1.82) is 0 Å². The van der Waals surface area contributed by atoms with Crippen LogP contribution >= 0.6 is 11.6 Å². The molecule has 24 heavy (non-hydrogen) atoms. The van der Waals surface area contributed by atoms with Crippen LogP contribution in [0, 0.1) is 6.92 Å². The van der Waals surface area contributed by atoms with Gasteiger partial charge in [0, 0.05) is 11.5 Å². The van der Waals surface area contributed by atoms with Gasteiger partial charge in [0.25, 0.3) is 0 Å². The van der Waals surface area contributed by atoms with E-state index in [9.17, 15) is 14.4 Å².